The Labute approximate surface area is 93.1 Å². The molecule has 1 heterocycles. The van der Waals surface area contributed by atoms with Gasteiger partial charge in [-0.25, -0.2) is 0 Å². The summed E-state index contributed by atoms with van der Waals surface area (Å²) >= 11 is 6.19. The Hall–Kier alpha value is -0.770. The number of halogens is 1. The lowest BCUT2D eigenvalue weighted by molar-refractivity contribution is -0.0164. The van der Waals surface area contributed by atoms with E-state index in [9.17, 15) is 0 Å². The van der Waals surface area contributed by atoms with Gasteiger partial charge in [0.05, 0.1) is 6.61 Å². The van der Waals surface area contributed by atoms with Crippen LogP contribution in [0.15, 0.2) is 12.1 Å². The Balaban J connectivity index is 2.08. The first-order valence-corrected chi connectivity index (χ1v) is 5.39. The Bertz CT molecular complexity index is 415. The third-order valence-electron chi connectivity index (χ3n) is 3.03. The lowest BCUT2D eigenvalue weighted by Gasteiger charge is -2.21. The molecule has 0 atom stereocenters. The Morgan fingerprint density at radius 1 is 1.33 bits per heavy atom. The molecule has 2 N–H and O–H groups in total. The molecular formula is C11H12ClNO2. The van der Waals surface area contributed by atoms with Crippen molar-refractivity contribution in [1.82, 2.24) is 0 Å². The molecule has 0 saturated heterocycles. The summed E-state index contributed by atoms with van der Waals surface area (Å²) in [6.07, 6.45) is 2.00. The minimum absolute atomic E-state index is 0.215. The summed E-state index contributed by atoms with van der Waals surface area (Å²) in [5, 5.41) is 0.725. The van der Waals surface area contributed by atoms with E-state index in [1.807, 2.05) is 12.1 Å². The van der Waals surface area contributed by atoms with Crippen molar-refractivity contribution in [2.24, 2.45) is 5.73 Å². The number of hydrogen-bond acceptors (Lipinski definition) is 3. The Morgan fingerprint density at radius 2 is 2.13 bits per heavy atom. The molecule has 15 heavy (non-hydrogen) atoms. The van der Waals surface area contributed by atoms with Crippen molar-refractivity contribution < 1.29 is 9.47 Å². The fourth-order valence-corrected chi connectivity index (χ4v) is 2.26. The standard InChI is InChI=1S/C11H12ClNO2/c12-9-3-7-5-14-6-15-10(7)4-8(9)11(13)1-2-11/h3-4H,1-2,5-6,13H2. The van der Waals surface area contributed by atoms with Crippen LogP contribution in [0.2, 0.25) is 5.02 Å². The summed E-state index contributed by atoms with van der Waals surface area (Å²) in [6.45, 7) is 0.874. The van der Waals surface area contributed by atoms with Crippen LogP contribution in [-0.2, 0) is 16.9 Å². The molecule has 3 nitrogen and oxygen atoms in total. The topological polar surface area (TPSA) is 44.5 Å². The van der Waals surface area contributed by atoms with Crippen LogP contribution in [0.5, 0.6) is 5.75 Å². The Kier molecular flexibility index (Phi) is 1.96. The smallest absolute Gasteiger partial charge is 0.189 e. The van der Waals surface area contributed by atoms with Crippen LogP contribution in [0.25, 0.3) is 0 Å². The second-order valence-electron chi connectivity index (χ2n) is 4.21. The number of rotatable bonds is 1. The van der Waals surface area contributed by atoms with Crippen molar-refractivity contribution in [1.29, 1.82) is 0 Å². The van der Waals surface area contributed by atoms with Gasteiger partial charge in [-0.05, 0) is 30.5 Å². The van der Waals surface area contributed by atoms with Crippen molar-refractivity contribution in [3.8, 4) is 5.75 Å². The first kappa shape index (κ1) is 9.46. The number of fused-ring (bicyclic) bond motifs is 1. The molecule has 1 aromatic carbocycles. The largest absolute Gasteiger partial charge is 0.467 e. The minimum Gasteiger partial charge on any atom is -0.467 e. The highest BCUT2D eigenvalue weighted by Gasteiger charge is 2.42. The van der Waals surface area contributed by atoms with Gasteiger partial charge in [-0.1, -0.05) is 11.6 Å². The van der Waals surface area contributed by atoms with E-state index in [-0.39, 0.29) is 5.54 Å². The maximum atomic E-state index is 6.19. The molecule has 1 aromatic rings. The van der Waals surface area contributed by atoms with E-state index in [1.165, 1.54) is 0 Å². The van der Waals surface area contributed by atoms with Crippen molar-refractivity contribution >= 4 is 11.6 Å². The molecule has 0 spiro atoms. The molecule has 2 aliphatic rings. The van der Waals surface area contributed by atoms with Gasteiger partial charge in [-0.3, -0.25) is 0 Å². The minimum atomic E-state index is -0.215. The van der Waals surface area contributed by atoms with E-state index in [2.05, 4.69) is 0 Å². The van der Waals surface area contributed by atoms with Gasteiger partial charge in [0.1, 0.15) is 5.75 Å². The molecule has 80 valence electrons. The van der Waals surface area contributed by atoms with Gasteiger partial charge >= 0.3 is 0 Å². The van der Waals surface area contributed by atoms with Gasteiger partial charge in [0, 0.05) is 16.1 Å². The van der Waals surface area contributed by atoms with Gasteiger partial charge in [-0.15, -0.1) is 0 Å². The van der Waals surface area contributed by atoms with E-state index in [4.69, 9.17) is 26.8 Å². The maximum Gasteiger partial charge on any atom is 0.189 e. The highest BCUT2D eigenvalue weighted by molar-refractivity contribution is 6.31. The van der Waals surface area contributed by atoms with Crippen LogP contribution in [-0.4, -0.2) is 6.79 Å². The quantitative estimate of drug-likeness (QED) is 0.797. The van der Waals surface area contributed by atoms with Crippen molar-refractivity contribution in [2.75, 3.05) is 6.79 Å². The normalized spacial score (nSPS) is 21.7. The summed E-state index contributed by atoms with van der Waals surface area (Å²) in [6, 6.07) is 3.87. The SMILES string of the molecule is NC1(c2cc3c(cc2Cl)COCO3)CC1. The molecule has 1 aliphatic heterocycles. The lowest BCUT2D eigenvalue weighted by Crippen LogP contribution is -2.20. The average molecular weight is 226 g/mol. The predicted molar refractivity (Wildman–Crippen MR) is 56.8 cm³/mol. The second kappa shape index (κ2) is 3.11. The van der Waals surface area contributed by atoms with Crippen molar-refractivity contribution in [3.63, 3.8) is 0 Å². The first-order chi connectivity index (χ1) is 7.19. The van der Waals surface area contributed by atoms with Crippen LogP contribution < -0.4 is 10.5 Å². The molecule has 0 amide bonds. The zero-order valence-electron chi connectivity index (χ0n) is 8.25. The summed E-state index contributed by atoms with van der Waals surface area (Å²) in [7, 11) is 0. The monoisotopic (exact) mass is 225 g/mol. The van der Waals surface area contributed by atoms with E-state index in [0.29, 0.717) is 13.4 Å². The van der Waals surface area contributed by atoms with Crippen LogP contribution in [0, 0.1) is 0 Å². The third kappa shape index (κ3) is 1.51. The van der Waals surface area contributed by atoms with Crippen molar-refractivity contribution in [3.05, 3.63) is 28.3 Å². The fourth-order valence-electron chi connectivity index (χ4n) is 1.88. The zero-order chi connectivity index (χ0) is 10.5. The highest BCUT2D eigenvalue weighted by atomic mass is 35.5. The van der Waals surface area contributed by atoms with Gasteiger partial charge in [0.15, 0.2) is 6.79 Å². The third-order valence-corrected chi connectivity index (χ3v) is 3.34. The Morgan fingerprint density at radius 3 is 2.87 bits per heavy atom. The molecule has 1 saturated carbocycles. The molecular weight excluding hydrogens is 214 g/mol. The summed E-state index contributed by atoms with van der Waals surface area (Å²) in [4.78, 5) is 0. The first-order valence-electron chi connectivity index (χ1n) is 5.01. The van der Waals surface area contributed by atoms with Gasteiger partial charge < -0.3 is 15.2 Å². The van der Waals surface area contributed by atoms with Gasteiger partial charge in [0.25, 0.3) is 0 Å². The molecule has 0 bridgehead atoms. The van der Waals surface area contributed by atoms with E-state index in [1.54, 1.807) is 0 Å². The number of nitrogens with two attached hydrogens (primary N) is 1. The molecule has 0 aromatic heterocycles. The van der Waals surface area contributed by atoms with Crippen LogP contribution in [0.1, 0.15) is 24.0 Å². The van der Waals surface area contributed by atoms with E-state index >= 15 is 0 Å². The average Bonchev–Trinajstić information content (AvgIpc) is 2.96. The number of benzene rings is 1. The number of ether oxygens (including phenoxy) is 2. The number of hydrogen-bond donors (Lipinski definition) is 1. The van der Waals surface area contributed by atoms with Crippen molar-refractivity contribution in [2.45, 2.75) is 25.0 Å². The van der Waals surface area contributed by atoms with E-state index in [0.717, 1.165) is 34.7 Å². The summed E-state index contributed by atoms with van der Waals surface area (Å²) < 4.78 is 10.6. The van der Waals surface area contributed by atoms with Crippen LogP contribution in [0.4, 0.5) is 0 Å². The van der Waals surface area contributed by atoms with Gasteiger partial charge in [0.2, 0.25) is 0 Å². The zero-order valence-corrected chi connectivity index (χ0v) is 9.01. The molecule has 1 fully saturated rings. The second-order valence-corrected chi connectivity index (χ2v) is 4.61. The molecule has 0 radical (unpaired) electrons. The predicted octanol–water partition coefficient (Wildman–Crippen LogP) is 2.15. The maximum absolute atomic E-state index is 6.19. The van der Waals surface area contributed by atoms with Gasteiger partial charge in [-0.2, -0.15) is 0 Å². The van der Waals surface area contributed by atoms with Crippen LogP contribution >= 0.6 is 11.6 Å². The van der Waals surface area contributed by atoms with Crippen LogP contribution in [0.3, 0.4) is 0 Å². The highest BCUT2D eigenvalue weighted by Crippen LogP contribution is 2.47. The molecule has 1 aliphatic carbocycles. The molecule has 3 rings (SSSR count). The molecule has 4 heteroatoms. The summed E-state index contributed by atoms with van der Waals surface area (Å²) in [5.41, 5.74) is 7.92. The summed E-state index contributed by atoms with van der Waals surface area (Å²) in [5.74, 6) is 0.859. The molecule has 0 unspecified atom stereocenters. The van der Waals surface area contributed by atoms with E-state index < -0.39 is 0 Å². The fraction of sp³-hybridized carbons (Fsp3) is 0.455. The lowest BCUT2D eigenvalue weighted by atomic mass is 10.0.